The molecule has 0 radical (unpaired) electrons. The van der Waals surface area contributed by atoms with Gasteiger partial charge in [-0.15, -0.1) is 0 Å². The van der Waals surface area contributed by atoms with Crippen molar-refractivity contribution >= 4 is 23.6 Å². The predicted octanol–water partition coefficient (Wildman–Crippen LogP) is 5.31. The van der Waals surface area contributed by atoms with E-state index in [1.54, 1.807) is 19.1 Å². The Morgan fingerprint density at radius 3 is 2.48 bits per heavy atom. The van der Waals surface area contributed by atoms with Crippen molar-refractivity contribution in [3.8, 4) is 17.2 Å². The molecule has 4 heterocycles. The Hall–Kier alpha value is -3.65. The summed E-state index contributed by atoms with van der Waals surface area (Å²) in [5.74, 6) is -3.45. The van der Waals surface area contributed by atoms with E-state index >= 15 is 0 Å². The Morgan fingerprint density at radius 2 is 1.80 bits per heavy atom. The van der Waals surface area contributed by atoms with Gasteiger partial charge in [-0.1, -0.05) is 17.7 Å². The summed E-state index contributed by atoms with van der Waals surface area (Å²) >= 11 is 0. The van der Waals surface area contributed by atoms with E-state index < -0.39 is 40.3 Å². The molecule has 1 aromatic carbocycles. The first-order chi connectivity index (χ1) is 18.6. The van der Waals surface area contributed by atoms with Gasteiger partial charge in [0.2, 0.25) is 11.4 Å². The van der Waals surface area contributed by atoms with Gasteiger partial charge in [0.25, 0.3) is 5.79 Å². The first-order valence-corrected chi connectivity index (χ1v) is 13.6. The van der Waals surface area contributed by atoms with Gasteiger partial charge in [-0.3, -0.25) is 9.59 Å². The number of benzene rings is 1. The molecule has 1 saturated heterocycles. The second-order valence-corrected chi connectivity index (χ2v) is 12.7. The normalized spacial score (nSPS) is 30.6. The highest BCUT2D eigenvalue weighted by molar-refractivity contribution is 6.19. The molecule has 0 aromatic heterocycles. The molecule has 40 heavy (non-hydrogen) atoms. The van der Waals surface area contributed by atoms with E-state index in [0.717, 1.165) is 5.57 Å². The highest BCUT2D eigenvalue weighted by Gasteiger charge is 2.78. The van der Waals surface area contributed by atoms with Gasteiger partial charge in [0, 0.05) is 29.9 Å². The number of Topliss-reactive ketones (excluding diaryl/α,β-unsaturated/α-hetero) is 1. The van der Waals surface area contributed by atoms with Gasteiger partial charge < -0.3 is 24.1 Å². The molecule has 3 atom stereocenters. The van der Waals surface area contributed by atoms with Crippen LogP contribution in [0.2, 0.25) is 0 Å². The Balaban J connectivity index is 1.69. The van der Waals surface area contributed by atoms with Gasteiger partial charge in [-0.25, -0.2) is 4.79 Å². The van der Waals surface area contributed by atoms with E-state index in [2.05, 4.69) is 0 Å². The zero-order valence-corrected chi connectivity index (χ0v) is 23.9. The maximum Gasteiger partial charge on any atom is 0.336 e. The fourth-order valence-electron chi connectivity index (χ4n) is 6.74. The van der Waals surface area contributed by atoms with E-state index in [9.17, 15) is 19.5 Å². The number of ether oxygens (including phenoxy) is 4. The van der Waals surface area contributed by atoms with E-state index in [4.69, 9.17) is 18.9 Å². The maximum atomic E-state index is 14.5. The molecular formula is C32H34O8. The molecule has 210 valence electrons. The molecule has 0 saturated carbocycles. The zero-order valence-electron chi connectivity index (χ0n) is 23.9. The minimum absolute atomic E-state index is 0.0250. The van der Waals surface area contributed by atoms with Gasteiger partial charge in [0.05, 0.1) is 16.7 Å². The Morgan fingerprint density at radius 1 is 1.07 bits per heavy atom. The van der Waals surface area contributed by atoms with E-state index in [1.165, 1.54) is 6.08 Å². The molecule has 5 aliphatic rings. The van der Waals surface area contributed by atoms with Crippen LogP contribution in [0.5, 0.6) is 17.2 Å². The summed E-state index contributed by atoms with van der Waals surface area (Å²) in [6.07, 6.45) is 9.09. The van der Waals surface area contributed by atoms with Crippen LogP contribution >= 0.6 is 0 Å². The van der Waals surface area contributed by atoms with E-state index in [0.29, 0.717) is 28.9 Å². The smallest absolute Gasteiger partial charge is 0.336 e. The third kappa shape index (κ3) is 3.44. The summed E-state index contributed by atoms with van der Waals surface area (Å²) in [7, 11) is 0. The van der Waals surface area contributed by atoms with Crippen LogP contribution in [0.3, 0.4) is 0 Å². The number of carbonyl (C=O) groups excluding carboxylic acids is 3. The van der Waals surface area contributed by atoms with Crippen molar-refractivity contribution in [2.24, 2.45) is 5.92 Å². The number of esters is 1. The monoisotopic (exact) mass is 546 g/mol. The molecule has 1 N–H and O–H groups in total. The van der Waals surface area contributed by atoms with Gasteiger partial charge in [-0.05, 0) is 73.1 Å². The molecule has 1 aliphatic carbocycles. The average Bonchev–Trinajstić information content (AvgIpc) is 3.02. The average molecular weight is 547 g/mol. The van der Waals surface area contributed by atoms with Crippen LogP contribution < -0.4 is 9.47 Å². The first-order valence-electron chi connectivity index (χ1n) is 13.6. The highest BCUT2D eigenvalue weighted by atomic mass is 16.8. The lowest BCUT2D eigenvalue weighted by Gasteiger charge is -2.51. The van der Waals surface area contributed by atoms with Gasteiger partial charge in [-0.2, -0.15) is 0 Å². The fraction of sp³-hybridized carbons (Fsp3) is 0.469. The molecule has 1 aromatic rings. The standard InChI is InChI=1S/C32H34O8/c1-16(2)8-9-20-26-19(11-12-29(4,5)37-26)24(34)23-25(35)21-14-18(33)15-22-30(6,7)40-31(32(21,22)38-27(20)23)13-10-17(3)28(36)39-31/h8,10-12,14,22,34H,9,13,15H2,1-7H3. The summed E-state index contributed by atoms with van der Waals surface area (Å²) in [5.41, 5.74) is -0.866. The quantitative estimate of drug-likeness (QED) is 0.393. The molecule has 1 fully saturated rings. The Bertz CT molecular complexity index is 1530. The fourth-order valence-corrected chi connectivity index (χ4v) is 6.74. The van der Waals surface area contributed by atoms with Crippen molar-refractivity contribution in [1.29, 1.82) is 0 Å². The van der Waals surface area contributed by atoms with Crippen LogP contribution in [0.25, 0.3) is 6.08 Å². The van der Waals surface area contributed by atoms with Crippen LogP contribution in [0.1, 0.15) is 82.8 Å². The molecule has 8 heteroatoms. The number of aromatic hydroxyl groups is 1. The topological polar surface area (TPSA) is 108 Å². The number of phenols is 1. The van der Waals surface area contributed by atoms with Gasteiger partial charge >= 0.3 is 5.97 Å². The number of carbonyl (C=O) groups is 3. The highest BCUT2D eigenvalue weighted by Crippen LogP contribution is 2.64. The molecule has 6 rings (SSSR count). The predicted molar refractivity (Wildman–Crippen MR) is 146 cm³/mol. The number of hydrogen-bond donors (Lipinski definition) is 1. The number of rotatable bonds is 2. The third-order valence-electron chi connectivity index (χ3n) is 8.67. The lowest BCUT2D eigenvalue weighted by atomic mass is 9.62. The van der Waals surface area contributed by atoms with Crippen LogP contribution in [0.4, 0.5) is 0 Å². The summed E-state index contributed by atoms with van der Waals surface area (Å²) < 4.78 is 26.0. The van der Waals surface area contributed by atoms with Crippen molar-refractivity contribution in [1.82, 2.24) is 0 Å². The van der Waals surface area contributed by atoms with Crippen molar-refractivity contribution in [2.45, 2.75) is 90.3 Å². The largest absolute Gasteiger partial charge is 0.506 e. The molecule has 2 spiro atoms. The second-order valence-electron chi connectivity index (χ2n) is 12.7. The first kappa shape index (κ1) is 26.6. The number of ketones is 2. The van der Waals surface area contributed by atoms with E-state index in [-0.39, 0.29) is 41.3 Å². The lowest BCUT2D eigenvalue weighted by molar-refractivity contribution is -0.272. The van der Waals surface area contributed by atoms with Crippen molar-refractivity contribution in [2.75, 3.05) is 0 Å². The van der Waals surface area contributed by atoms with Crippen LogP contribution in [-0.4, -0.2) is 45.2 Å². The molecular weight excluding hydrogens is 512 g/mol. The maximum absolute atomic E-state index is 14.5. The summed E-state index contributed by atoms with van der Waals surface area (Å²) in [5, 5.41) is 11.5. The van der Waals surface area contributed by atoms with Crippen molar-refractivity contribution in [3.05, 3.63) is 57.7 Å². The lowest BCUT2D eigenvalue weighted by Crippen LogP contribution is -2.66. The van der Waals surface area contributed by atoms with Crippen LogP contribution in [-0.2, 0) is 25.5 Å². The molecule has 0 bridgehead atoms. The van der Waals surface area contributed by atoms with Crippen molar-refractivity contribution in [3.63, 3.8) is 0 Å². The molecule has 0 amide bonds. The summed E-state index contributed by atoms with van der Waals surface area (Å²) in [6.45, 7) is 13.0. The molecule has 8 nitrogen and oxygen atoms in total. The minimum Gasteiger partial charge on any atom is -0.506 e. The number of allylic oxidation sites excluding steroid dienone is 3. The van der Waals surface area contributed by atoms with E-state index in [1.807, 2.05) is 53.7 Å². The SMILES string of the molecule is CC(C)=CCc1c2c(c(O)c3c1OC14C(=CC(=O)CC1C(C)(C)OC41CC=C(C)C(=O)O1)C3=O)C=CC(C)(C)O2. The van der Waals surface area contributed by atoms with Crippen LogP contribution in [0.15, 0.2) is 41.0 Å². The summed E-state index contributed by atoms with van der Waals surface area (Å²) in [6, 6.07) is 0. The van der Waals surface area contributed by atoms with Crippen LogP contribution in [0, 0.1) is 5.92 Å². The second kappa shape index (κ2) is 8.19. The number of fused-ring (bicyclic) bond motifs is 2. The summed E-state index contributed by atoms with van der Waals surface area (Å²) in [4.78, 5) is 40.5. The Labute approximate surface area is 233 Å². The molecule has 3 unspecified atom stereocenters. The molecule has 4 aliphatic heterocycles. The van der Waals surface area contributed by atoms with Crippen molar-refractivity contribution < 1.29 is 38.4 Å². The third-order valence-corrected chi connectivity index (χ3v) is 8.67. The van der Waals surface area contributed by atoms with Gasteiger partial charge in [0.1, 0.15) is 28.4 Å². The minimum atomic E-state index is -1.70. The Kier molecular flexibility index (Phi) is 5.44. The number of hydrogen-bond acceptors (Lipinski definition) is 8. The zero-order chi connectivity index (χ0) is 29.0. The van der Waals surface area contributed by atoms with Gasteiger partial charge in [0.15, 0.2) is 5.78 Å². The number of phenolic OH excluding ortho intramolecular Hbond substituents is 1.